The van der Waals surface area contributed by atoms with E-state index in [0.29, 0.717) is 17.8 Å². The molecule has 1 aliphatic rings. The third-order valence-corrected chi connectivity index (χ3v) is 3.88. The van der Waals surface area contributed by atoms with E-state index < -0.39 is 0 Å². The van der Waals surface area contributed by atoms with Crippen molar-refractivity contribution in [2.75, 3.05) is 0 Å². The van der Waals surface area contributed by atoms with Gasteiger partial charge in [-0.25, -0.2) is 0 Å². The summed E-state index contributed by atoms with van der Waals surface area (Å²) in [4.78, 5) is 0. The number of hydrogen-bond donors (Lipinski definition) is 1. The van der Waals surface area contributed by atoms with Crippen molar-refractivity contribution in [3.8, 4) is 5.75 Å². The minimum absolute atomic E-state index is 0.290. The van der Waals surface area contributed by atoms with Crippen LogP contribution >= 0.6 is 15.9 Å². The van der Waals surface area contributed by atoms with Crippen molar-refractivity contribution in [1.82, 2.24) is 15.5 Å². The van der Waals surface area contributed by atoms with Crippen LogP contribution in [0.3, 0.4) is 0 Å². The smallest absolute Gasteiger partial charge is 0.253 e. The van der Waals surface area contributed by atoms with Crippen LogP contribution in [0.15, 0.2) is 27.1 Å². The lowest BCUT2D eigenvalue weighted by Gasteiger charge is -2.09. The van der Waals surface area contributed by atoms with E-state index in [2.05, 4.69) is 31.4 Å². The van der Waals surface area contributed by atoms with Gasteiger partial charge in [-0.3, -0.25) is 0 Å². The first-order valence-corrected chi connectivity index (χ1v) is 7.43. The summed E-state index contributed by atoms with van der Waals surface area (Å²) >= 11 is 3.56. The van der Waals surface area contributed by atoms with Crippen LogP contribution in [0.2, 0.25) is 0 Å². The Morgan fingerprint density at radius 3 is 2.95 bits per heavy atom. The number of aryl methyl sites for hydroxylation is 1. The minimum atomic E-state index is 0.290. The number of halogens is 1. The van der Waals surface area contributed by atoms with Gasteiger partial charge in [0, 0.05) is 24.0 Å². The van der Waals surface area contributed by atoms with E-state index in [9.17, 15) is 0 Å². The Kier molecular flexibility index (Phi) is 4.03. The lowest BCUT2D eigenvalue weighted by molar-refractivity contribution is 0.260. The van der Waals surface area contributed by atoms with Crippen LogP contribution in [-0.4, -0.2) is 16.2 Å². The molecule has 1 aromatic carbocycles. The lowest BCUT2D eigenvalue weighted by atomic mass is 10.2. The van der Waals surface area contributed by atoms with Crippen molar-refractivity contribution in [3.63, 3.8) is 0 Å². The number of rotatable bonds is 6. The first-order valence-electron chi connectivity index (χ1n) is 6.64. The second-order valence-corrected chi connectivity index (χ2v) is 5.77. The van der Waals surface area contributed by atoms with E-state index in [1.165, 1.54) is 18.4 Å². The molecule has 0 bridgehead atoms. The highest BCUT2D eigenvalue weighted by atomic mass is 79.9. The summed E-state index contributed by atoms with van der Waals surface area (Å²) in [5, 5.41) is 11.2. The van der Waals surface area contributed by atoms with Gasteiger partial charge >= 0.3 is 0 Å². The molecule has 20 heavy (non-hydrogen) atoms. The molecule has 6 heteroatoms. The largest absolute Gasteiger partial charge is 0.484 e. The van der Waals surface area contributed by atoms with Gasteiger partial charge in [0.05, 0.1) is 0 Å². The van der Waals surface area contributed by atoms with Crippen molar-refractivity contribution in [2.24, 2.45) is 0 Å². The number of nitrogens with one attached hydrogen (secondary N) is 1. The molecule has 1 aliphatic carbocycles. The summed E-state index contributed by atoms with van der Waals surface area (Å²) in [6, 6.07) is 6.64. The summed E-state index contributed by atoms with van der Waals surface area (Å²) in [5.41, 5.74) is 1.19. The highest BCUT2D eigenvalue weighted by molar-refractivity contribution is 9.10. The van der Waals surface area contributed by atoms with E-state index in [0.717, 1.165) is 16.8 Å². The fourth-order valence-electron chi connectivity index (χ4n) is 1.86. The minimum Gasteiger partial charge on any atom is -0.484 e. The summed E-state index contributed by atoms with van der Waals surface area (Å²) in [5.74, 6) is 1.84. The van der Waals surface area contributed by atoms with Gasteiger partial charge in [0.15, 0.2) is 6.61 Å². The third-order valence-electron chi connectivity index (χ3n) is 3.11. The Morgan fingerprint density at radius 1 is 1.40 bits per heavy atom. The quantitative estimate of drug-likeness (QED) is 0.877. The van der Waals surface area contributed by atoms with E-state index in [-0.39, 0.29) is 6.61 Å². The molecule has 0 spiro atoms. The van der Waals surface area contributed by atoms with Crippen molar-refractivity contribution in [1.29, 1.82) is 0 Å². The molecule has 0 radical (unpaired) electrons. The monoisotopic (exact) mass is 337 g/mol. The van der Waals surface area contributed by atoms with E-state index in [1.54, 1.807) is 6.92 Å². The standard InChI is InChI=1S/C14H16BrN3O2/c1-9-17-18-14(20-9)8-19-12-4-5-13(15)10(6-12)7-16-11-2-3-11/h4-6,11,16H,2-3,7-8H2,1H3. The molecule has 2 aromatic rings. The van der Waals surface area contributed by atoms with Crippen LogP contribution in [0.4, 0.5) is 0 Å². The average Bonchev–Trinajstić information content (AvgIpc) is 3.18. The molecule has 0 saturated heterocycles. The maximum atomic E-state index is 5.68. The fourth-order valence-corrected chi connectivity index (χ4v) is 2.25. The second-order valence-electron chi connectivity index (χ2n) is 4.91. The Bertz CT molecular complexity index is 596. The molecule has 1 N–H and O–H groups in total. The third kappa shape index (κ3) is 3.58. The molecule has 5 nitrogen and oxygen atoms in total. The first kappa shape index (κ1) is 13.6. The molecule has 1 aromatic heterocycles. The van der Waals surface area contributed by atoms with Crippen molar-refractivity contribution < 1.29 is 9.15 Å². The van der Waals surface area contributed by atoms with Crippen LogP contribution in [0, 0.1) is 6.92 Å². The molecule has 0 amide bonds. The molecule has 0 aliphatic heterocycles. The number of nitrogens with zero attached hydrogens (tertiary/aromatic N) is 2. The number of benzene rings is 1. The van der Waals surface area contributed by atoms with E-state index >= 15 is 0 Å². The summed E-state index contributed by atoms with van der Waals surface area (Å²) < 4.78 is 12.0. The fraction of sp³-hybridized carbons (Fsp3) is 0.429. The van der Waals surface area contributed by atoms with Crippen LogP contribution in [0.25, 0.3) is 0 Å². The summed E-state index contributed by atoms with van der Waals surface area (Å²) in [6.45, 7) is 2.90. The molecular formula is C14H16BrN3O2. The van der Waals surface area contributed by atoms with Crippen molar-refractivity contribution >= 4 is 15.9 Å². The van der Waals surface area contributed by atoms with Gasteiger partial charge in [0.2, 0.25) is 5.89 Å². The van der Waals surface area contributed by atoms with E-state index in [1.807, 2.05) is 18.2 Å². The zero-order chi connectivity index (χ0) is 13.9. The van der Waals surface area contributed by atoms with Gasteiger partial charge in [-0.05, 0) is 36.6 Å². The molecule has 1 saturated carbocycles. The Labute approximate surface area is 125 Å². The van der Waals surface area contributed by atoms with Crippen molar-refractivity contribution in [3.05, 3.63) is 40.0 Å². The van der Waals surface area contributed by atoms with Gasteiger partial charge < -0.3 is 14.5 Å². The number of hydrogen-bond acceptors (Lipinski definition) is 5. The molecule has 1 fully saturated rings. The lowest BCUT2D eigenvalue weighted by Crippen LogP contribution is -2.15. The summed E-state index contributed by atoms with van der Waals surface area (Å²) in [6.07, 6.45) is 2.56. The topological polar surface area (TPSA) is 60.2 Å². The maximum Gasteiger partial charge on any atom is 0.253 e. The van der Waals surface area contributed by atoms with Crippen molar-refractivity contribution in [2.45, 2.75) is 39.0 Å². The number of ether oxygens (including phenoxy) is 1. The van der Waals surface area contributed by atoms with Gasteiger partial charge in [-0.15, -0.1) is 10.2 Å². The van der Waals surface area contributed by atoms with Crippen LogP contribution in [-0.2, 0) is 13.2 Å². The Hall–Kier alpha value is -1.40. The highest BCUT2D eigenvalue weighted by Gasteiger charge is 2.20. The Morgan fingerprint density at radius 2 is 2.25 bits per heavy atom. The molecule has 0 unspecified atom stereocenters. The van der Waals surface area contributed by atoms with Gasteiger partial charge in [0.25, 0.3) is 5.89 Å². The number of aromatic nitrogens is 2. The second kappa shape index (κ2) is 5.93. The molecule has 0 atom stereocenters. The predicted octanol–water partition coefficient (Wildman–Crippen LogP) is 2.97. The van der Waals surface area contributed by atoms with Gasteiger partial charge in [-0.2, -0.15) is 0 Å². The average molecular weight is 338 g/mol. The molecule has 3 rings (SSSR count). The normalized spacial score (nSPS) is 14.5. The van der Waals surface area contributed by atoms with Crippen LogP contribution < -0.4 is 10.1 Å². The maximum absolute atomic E-state index is 5.68. The SMILES string of the molecule is Cc1nnc(COc2ccc(Br)c(CNC3CC3)c2)o1. The Balaban J connectivity index is 1.61. The molecule has 106 valence electrons. The predicted molar refractivity (Wildman–Crippen MR) is 77.4 cm³/mol. The first-order chi connectivity index (χ1) is 9.70. The summed E-state index contributed by atoms with van der Waals surface area (Å²) in [7, 11) is 0. The molecular weight excluding hydrogens is 322 g/mol. The van der Waals surface area contributed by atoms with E-state index in [4.69, 9.17) is 9.15 Å². The zero-order valence-electron chi connectivity index (χ0n) is 11.2. The highest BCUT2D eigenvalue weighted by Crippen LogP contribution is 2.25. The van der Waals surface area contributed by atoms with Crippen LogP contribution in [0.1, 0.15) is 30.2 Å². The van der Waals surface area contributed by atoms with Gasteiger partial charge in [-0.1, -0.05) is 15.9 Å². The van der Waals surface area contributed by atoms with Crippen LogP contribution in [0.5, 0.6) is 5.75 Å². The molecule has 1 heterocycles. The van der Waals surface area contributed by atoms with Gasteiger partial charge in [0.1, 0.15) is 5.75 Å². The zero-order valence-corrected chi connectivity index (χ0v) is 12.8.